The van der Waals surface area contributed by atoms with E-state index >= 15 is 0 Å². The molecule has 0 spiro atoms. The lowest BCUT2D eigenvalue weighted by Crippen LogP contribution is -2.41. The zero-order chi connectivity index (χ0) is 16.2. The Morgan fingerprint density at radius 3 is 2.52 bits per heavy atom. The van der Waals surface area contributed by atoms with Crippen molar-refractivity contribution in [2.45, 2.75) is 26.3 Å². The van der Waals surface area contributed by atoms with E-state index in [9.17, 15) is 19.7 Å². The molecule has 21 heavy (non-hydrogen) atoms. The molecule has 0 aliphatic carbocycles. The summed E-state index contributed by atoms with van der Waals surface area (Å²) >= 11 is 5.71. The molecule has 0 saturated heterocycles. The van der Waals surface area contributed by atoms with Crippen molar-refractivity contribution in [3.8, 4) is 0 Å². The highest BCUT2D eigenvalue weighted by atomic mass is 35.5. The quantitative estimate of drug-likeness (QED) is 0.619. The molecule has 1 rings (SSSR count). The van der Waals surface area contributed by atoms with Gasteiger partial charge in [0, 0.05) is 0 Å². The van der Waals surface area contributed by atoms with Crippen LogP contribution in [0, 0.1) is 16.0 Å². The average molecular weight is 315 g/mol. The number of benzene rings is 1. The van der Waals surface area contributed by atoms with Crippen molar-refractivity contribution >= 4 is 29.2 Å². The monoisotopic (exact) mass is 314 g/mol. The van der Waals surface area contributed by atoms with Crippen molar-refractivity contribution in [1.82, 2.24) is 5.32 Å². The third-order valence-corrected chi connectivity index (χ3v) is 3.03. The lowest BCUT2D eigenvalue weighted by molar-refractivity contribution is -0.385. The Labute approximate surface area is 126 Å². The van der Waals surface area contributed by atoms with Gasteiger partial charge in [-0.2, -0.15) is 0 Å². The number of nitrogens with one attached hydrogen (secondary N) is 1. The highest BCUT2D eigenvalue weighted by molar-refractivity contribution is 6.33. The Morgan fingerprint density at radius 2 is 2.05 bits per heavy atom. The van der Waals surface area contributed by atoms with E-state index in [1.54, 1.807) is 0 Å². The lowest BCUT2D eigenvalue weighted by atomic mass is 10.0. The maximum Gasteiger partial charge on any atom is 0.326 e. The Kier molecular flexibility index (Phi) is 5.66. The molecular formula is C13H15ClN2O5. The average Bonchev–Trinajstić information content (AvgIpc) is 2.36. The number of aliphatic carboxylic acids is 1. The summed E-state index contributed by atoms with van der Waals surface area (Å²) in [6, 6.07) is 2.80. The van der Waals surface area contributed by atoms with Crippen LogP contribution in [-0.2, 0) is 4.79 Å². The number of carboxylic acid groups (broad SMARTS) is 1. The van der Waals surface area contributed by atoms with Gasteiger partial charge in [-0.3, -0.25) is 14.9 Å². The fourth-order valence-corrected chi connectivity index (χ4v) is 2.06. The SMILES string of the molecule is CC(C)C[C@@H](NC(=O)c1cccc(Cl)c1[N+](=O)[O-])C(=O)O. The first kappa shape index (κ1) is 16.9. The molecule has 0 aliphatic heterocycles. The number of carbonyl (C=O) groups excluding carboxylic acids is 1. The van der Waals surface area contributed by atoms with Crippen molar-refractivity contribution in [2.24, 2.45) is 5.92 Å². The van der Waals surface area contributed by atoms with E-state index in [1.807, 2.05) is 13.8 Å². The number of halogens is 1. The van der Waals surface area contributed by atoms with Crippen molar-refractivity contribution in [3.05, 3.63) is 38.9 Å². The minimum absolute atomic E-state index is 0.0424. The van der Waals surface area contributed by atoms with Crippen LogP contribution < -0.4 is 5.32 Å². The molecule has 1 aromatic carbocycles. The van der Waals surface area contributed by atoms with E-state index in [2.05, 4.69) is 5.32 Å². The summed E-state index contributed by atoms with van der Waals surface area (Å²) in [7, 11) is 0. The largest absolute Gasteiger partial charge is 0.480 e. The van der Waals surface area contributed by atoms with Gasteiger partial charge in [0.05, 0.1) is 4.92 Å². The second kappa shape index (κ2) is 7.03. The van der Waals surface area contributed by atoms with E-state index in [0.717, 1.165) is 0 Å². The summed E-state index contributed by atoms with van der Waals surface area (Å²) in [5.74, 6) is -1.99. The molecular weight excluding hydrogens is 300 g/mol. The van der Waals surface area contributed by atoms with Gasteiger partial charge in [0.25, 0.3) is 5.91 Å². The third-order valence-electron chi connectivity index (χ3n) is 2.72. The number of nitro groups is 1. The van der Waals surface area contributed by atoms with Crippen LogP contribution in [0.4, 0.5) is 5.69 Å². The molecule has 8 heteroatoms. The number of para-hydroxylation sites is 1. The van der Waals surface area contributed by atoms with Crippen LogP contribution in [0.25, 0.3) is 0 Å². The van der Waals surface area contributed by atoms with Crippen molar-refractivity contribution in [3.63, 3.8) is 0 Å². The molecule has 7 nitrogen and oxygen atoms in total. The molecule has 0 saturated carbocycles. The van der Waals surface area contributed by atoms with Gasteiger partial charge in [0.2, 0.25) is 0 Å². The van der Waals surface area contributed by atoms with Gasteiger partial charge < -0.3 is 10.4 Å². The van der Waals surface area contributed by atoms with Crippen LogP contribution in [0.15, 0.2) is 18.2 Å². The summed E-state index contributed by atoms with van der Waals surface area (Å²) in [6.07, 6.45) is 0.218. The normalized spacial score (nSPS) is 12.0. The topological polar surface area (TPSA) is 110 Å². The third kappa shape index (κ3) is 4.42. The fraction of sp³-hybridized carbons (Fsp3) is 0.385. The number of amides is 1. The first-order chi connectivity index (χ1) is 9.73. The first-order valence-corrected chi connectivity index (χ1v) is 6.58. The van der Waals surface area contributed by atoms with E-state index in [4.69, 9.17) is 16.7 Å². The summed E-state index contributed by atoms with van der Waals surface area (Å²) in [5, 5.41) is 22.2. The van der Waals surface area contributed by atoms with Gasteiger partial charge in [-0.1, -0.05) is 31.5 Å². The van der Waals surface area contributed by atoms with Crippen molar-refractivity contribution < 1.29 is 19.6 Å². The minimum Gasteiger partial charge on any atom is -0.480 e. The summed E-state index contributed by atoms with van der Waals surface area (Å²) in [5.41, 5.74) is -0.798. The molecule has 1 amide bonds. The second-order valence-corrected chi connectivity index (χ2v) is 5.29. The van der Waals surface area contributed by atoms with Gasteiger partial charge in [0.1, 0.15) is 16.6 Å². The predicted molar refractivity (Wildman–Crippen MR) is 76.5 cm³/mol. The van der Waals surface area contributed by atoms with Gasteiger partial charge in [0.15, 0.2) is 0 Å². The molecule has 0 radical (unpaired) electrons. The predicted octanol–water partition coefficient (Wildman–Crippen LogP) is 2.48. The number of carboxylic acids is 1. The summed E-state index contributed by atoms with van der Waals surface area (Å²) < 4.78 is 0. The molecule has 0 fully saturated rings. The molecule has 0 aliphatic rings. The fourth-order valence-electron chi connectivity index (χ4n) is 1.81. The zero-order valence-corrected chi connectivity index (χ0v) is 12.3. The van der Waals surface area contributed by atoms with E-state index in [-0.39, 0.29) is 22.9 Å². The maximum absolute atomic E-state index is 12.1. The number of nitro benzene ring substituents is 1. The molecule has 114 valence electrons. The number of nitrogens with zero attached hydrogens (tertiary/aromatic N) is 1. The Balaban J connectivity index is 3.06. The first-order valence-electron chi connectivity index (χ1n) is 6.20. The Hall–Kier alpha value is -2.15. The lowest BCUT2D eigenvalue weighted by Gasteiger charge is -2.16. The van der Waals surface area contributed by atoms with E-state index in [1.165, 1.54) is 18.2 Å². The Bertz CT molecular complexity index is 574. The molecule has 1 aromatic rings. The molecule has 0 heterocycles. The number of rotatable bonds is 6. The van der Waals surface area contributed by atoms with Crippen LogP contribution >= 0.6 is 11.6 Å². The van der Waals surface area contributed by atoms with Crippen LogP contribution in [0.5, 0.6) is 0 Å². The van der Waals surface area contributed by atoms with Gasteiger partial charge in [-0.25, -0.2) is 4.79 Å². The summed E-state index contributed by atoms with van der Waals surface area (Å²) in [6.45, 7) is 3.62. The van der Waals surface area contributed by atoms with Crippen LogP contribution in [0.1, 0.15) is 30.6 Å². The van der Waals surface area contributed by atoms with Gasteiger partial charge >= 0.3 is 11.7 Å². The molecule has 2 N–H and O–H groups in total. The minimum atomic E-state index is -1.19. The number of hydrogen-bond donors (Lipinski definition) is 2. The van der Waals surface area contributed by atoms with Crippen molar-refractivity contribution in [1.29, 1.82) is 0 Å². The van der Waals surface area contributed by atoms with Crippen molar-refractivity contribution in [2.75, 3.05) is 0 Å². The van der Waals surface area contributed by atoms with E-state index in [0.29, 0.717) is 0 Å². The van der Waals surface area contributed by atoms with Crippen LogP contribution in [0.3, 0.4) is 0 Å². The highest BCUT2D eigenvalue weighted by Crippen LogP contribution is 2.28. The molecule has 0 bridgehead atoms. The number of carbonyl (C=O) groups is 2. The second-order valence-electron chi connectivity index (χ2n) is 4.89. The highest BCUT2D eigenvalue weighted by Gasteiger charge is 2.27. The maximum atomic E-state index is 12.1. The van der Waals surface area contributed by atoms with Gasteiger partial charge in [-0.15, -0.1) is 0 Å². The molecule has 0 aromatic heterocycles. The van der Waals surface area contributed by atoms with Crippen LogP contribution in [0.2, 0.25) is 5.02 Å². The zero-order valence-electron chi connectivity index (χ0n) is 11.5. The molecule has 0 unspecified atom stereocenters. The molecule has 1 atom stereocenters. The van der Waals surface area contributed by atoms with Crippen LogP contribution in [-0.4, -0.2) is 27.9 Å². The Morgan fingerprint density at radius 1 is 1.43 bits per heavy atom. The standard InChI is InChI=1S/C13H15ClN2O5/c1-7(2)6-10(13(18)19)15-12(17)8-4-3-5-9(14)11(8)16(20)21/h3-5,7,10H,6H2,1-2H3,(H,15,17)(H,18,19)/t10-/m1/s1. The van der Waals surface area contributed by atoms with E-state index < -0.39 is 28.5 Å². The van der Waals surface area contributed by atoms with Gasteiger partial charge in [-0.05, 0) is 24.5 Å². The number of hydrogen-bond acceptors (Lipinski definition) is 4. The smallest absolute Gasteiger partial charge is 0.326 e. The summed E-state index contributed by atoms with van der Waals surface area (Å²) in [4.78, 5) is 33.4.